The van der Waals surface area contributed by atoms with E-state index in [1.54, 1.807) is 43.4 Å². The number of amides is 2. The number of hydrogen-bond acceptors (Lipinski definition) is 8. The van der Waals surface area contributed by atoms with E-state index in [1.165, 1.54) is 14.2 Å². The first-order valence-corrected chi connectivity index (χ1v) is 16.6. The Morgan fingerprint density at radius 3 is 2.49 bits per heavy atom. The second-order valence-corrected chi connectivity index (χ2v) is 12.5. The fraction of sp³-hybridized carbons (Fsp3) is 0.541. The van der Waals surface area contributed by atoms with E-state index in [0.29, 0.717) is 36.1 Å². The molecule has 0 saturated heterocycles. The second kappa shape index (κ2) is 19.1. The summed E-state index contributed by atoms with van der Waals surface area (Å²) in [5.74, 6) is -1.11. The summed E-state index contributed by atoms with van der Waals surface area (Å²) in [7, 11) is 3.03. The van der Waals surface area contributed by atoms with Crippen molar-refractivity contribution in [3.63, 3.8) is 0 Å². The van der Waals surface area contributed by atoms with E-state index >= 15 is 0 Å². The SMILES string of the molecule is COc1cc2c(O)c(c1)NC(=O)CC(OC)/C=C/C=C/C=C\CC(OC(=O)C(C)NC(=O)C1CCCCC1)C(C)C(O)/C(C)=C/CC2. The van der Waals surface area contributed by atoms with Gasteiger partial charge in [-0.15, -0.1) is 0 Å². The molecule has 10 heteroatoms. The molecule has 2 aliphatic rings. The molecule has 1 saturated carbocycles. The topological polar surface area (TPSA) is 143 Å². The van der Waals surface area contributed by atoms with Crippen LogP contribution in [0, 0.1) is 11.8 Å². The highest BCUT2D eigenvalue weighted by atomic mass is 16.5. The lowest BCUT2D eigenvalue weighted by Crippen LogP contribution is -2.45. The van der Waals surface area contributed by atoms with Gasteiger partial charge < -0.3 is 35.1 Å². The normalized spacial score (nSPS) is 27.4. The minimum absolute atomic E-state index is 0.0347. The van der Waals surface area contributed by atoms with E-state index in [4.69, 9.17) is 14.2 Å². The van der Waals surface area contributed by atoms with Crippen molar-refractivity contribution in [2.75, 3.05) is 19.5 Å². The Balaban J connectivity index is 1.83. The van der Waals surface area contributed by atoms with Crippen LogP contribution in [0.5, 0.6) is 11.5 Å². The maximum absolute atomic E-state index is 13.2. The first-order valence-electron chi connectivity index (χ1n) is 16.6. The van der Waals surface area contributed by atoms with E-state index in [0.717, 1.165) is 32.1 Å². The minimum Gasteiger partial charge on any atom is -0.505 e. The van der Waals surface area contributed by atoms with Crippen LogP contribution in [0.1, 0.15) is 77.7 Å². The molecule has 10 nitrogen and oxygen atoms in total. The van der Waals surface area contributed by atoms with Gasteiger partial charge in [-0.05, 0) is 51.2 Å². The van der Waals surface area contributed by atoms with E-state index in [2.05, 4.69) is 10.6 Å². The highest BCUT2D eigenvalue weighted by Crippen LogP contribution is 2.34. The van der Waals surface area contributed by atoms with Crippen LogP contribution in [-0.2, 0) is 30.3 Å². The number of anilines is 1. The molecule has 5 unspecified atom stereocenters. The number of fused-ring (bicyclic) bond motifs is 2. The molecule has 1 aromatic rings. The van der Waals surface area contributed by atoms with Gasteiger partial charge in [0.1, 0.15) is 23.6 Å². The molecule has 1 aliphatic carbocycles. The van der Waals surface area contributed by atoms with Crippen molar-refractivity contribution in [1.29, 1.82) is 0 Å². The van der Waals surface area contributed by atoms with Crippen LogP contribution < -0.4 is 15.4 Å². The quantitative estimate of drug-likeness (QED) is 0.174. The number of benzene rings is 1. The Bertz CT molecular complexity index is 1330. The molecule has 5 atom stereocenters. The first kappa shape index (κ1) is 37.6. The number of aromatic hydroxyl groups is 1. The molecule has 1 aromatic carbocycles. The maximum Gasteiger partial charge on any atom is 0.328 e. The Morgan fingerprint density at radius 2 is 1.79 bits per heavy atom. The molecular weight excluding hydrogens is 600 g/mol. The predicted molar refractivity (Wildman–Crippen MR) is 182 cm³/mol. The third kappa shape index (κ3) is 11.7. The van der Waals surface area contributed by atoms with Gasteiger partial charge in [-0.3, -0.25) is 9.59 Å². The lowest BCUT2D eigenvalue weighted by Gasteiger charge is -2.29. The number of rotatable bonds is 6. The summed E-state index contributed by atoms with van der Waals surface area (Å²) in [4.78, 5) is 38.8. The Labute approximate surface area is 278 Å². The third-order valence-corrected chi connectivity index (χ3v) is 8.91. The Morgan fingerprint density at radius 1 is 1.06 bits per heavy atom. The van der Waals surface area contributed by atoms with Crippen LogP contribution in [-0.4, -0.2) is 66.6 Å². The summed E-state index contributed by atoms with van der Waals surface area (Å²) in [6.45, 7) is 5.28. The van der Waals surface area contributed by atoms with E-state index in [-0.39, 0.29) is 35.6 Å². The number of nitrogens with one attached hydrogen (secondary N) is 2. The predicted octanol–water partition coefficient (Wildman–Crippen LogP) is 5.69. The van der Waals surface area contributed by atoms with Gasteiger partial charge in [-0.25, -0.2) is 4.79 Å². The summed E-state index contributed by atoms with van der Waals surface area (Å²) in [6, 6.07) is 2.46. The van der Waals surface area contributed by atoms with Crippen molar-refractivity contribution in [2.24, 2.45) is 11.8 Å². The van der Waals surface area contributed by atoms with Crippen LogP contribution >= 0.6 is 0 Å². The third-order valence-electron chi connectivity index (χ3n) is 8.91. The summed E-state index contributed by atoms with van der Waals surface area (Å²) in [5.41, 5.74) is 1.51. The number of methoxy groups -OCH3 is 2. The lowest BCUT2D eigenvalue weighted by atomic mass is 9.88. The van der Waals surface area contributed by atoms with Gasteiger partial charge in [0.15, 0.2) is 0 Å². The molecule has 47 heavy (non-hydrogen) atoms. The lowest BCUT2D eigenvalue weighted by molar-refractivity contribution is -0.156. The summed E-state index contributed by atoms with van der Waals surface area (Å²) >= 11 is 0. The fourth-order valence-electron chi connectivity index (χ4n) is 5.86. The van der Waals surface area contributed by atoms with Crippen molar-refractivity contribution in [3.05, 3.63) is 65.8 Å². The average Bonchev–Trinajstić information content (AvgIpc) is 3.07. The number of aliphatic hydroxyl groups is 1. The van der Waals surface area contributed by atoms with Crippen LogP contribution in [0.15, 0.2) is 60.2 Å². The molecule has 4 N–H and O–H groups in total. The zero-order chi connectivity index (χ0) is 34.3. The average molecular weight is 653 g/mol. The maximum atomic E-state index is 13.2. The standard InChI is InChI=1S/C37H52N2O8/c1-24-15-14-18-28-21-30(46-5)22-31(35(28)42)39-33(40)23-29(45-4)19-12-7-6-8-13-20-32(25(2)34(24)41)47-37(44)26(3)38-36(43)27-16-10-9-11-17-27/h6-8,12-13,15,19,21-22,25-27,29,32,34,41-42H,9-11,14,16-18,20,23H2,1-5H3,(H,38,43)(H,39,40)/b7-6+,13-8-,19-12+,24-15+. The van der Waals surface area contributed by atoms with Gasteiger partial charge in [-0.1, -0.05) is 68.7 Å². The fourth-order valence-corrected chi connectivity index (χ4v) is 5.86. The molecule has 1 aliphatic heterocycles. The number of aryl methyl sites for hydroxylation is 1. The molecule has 1 heterocycles. The zero-order valence-electron chi connectivity index (χ0n) is 28.4. The summed E-state index contributed by atoms with van der Waals surface area (Å²) in [5, 5.41) is 27.9. The number of carbonyl (C=O) groups excluding carboxylic acids is 3. The second-order valence-electron chi connectivity index (χ2n) is 12.5. The van der Waals surface area contributed by atoms with E-state index < -0.39 is 36.2 Å². The largest absolute Gasteiger partial charge is 0.505 e. The number of hydrogen-bond donors (Lipinski definition) is 4. The van der Waals surface area contributed by atoms with Gasteiger partial charge in [0.25, 0.3) is 0 Å². The number of carbonyl (C=O) groups is 3. The van der Waals surface area contributed by atoms with Gasteiger partial charge in [0.05, 0.1) is 31.4 Å². The summed E-state index contributed by atoms with van der Waals surface area (Å²) in [6.07, 6.45) is 16.7. The van der Waals surface area contributed by atoms with E-state index in [1.807, 2.05) is 32.1 Å². The van der Waals surface area contributed by atoms with E-state index in [9.17, 15) is 24.6 Å². The highest BCUT2D eigenvalue weighted by Gasteiger charge is 2.31. The number of esters is 1. The van der Waals surface area contributed by atoms with Crippen LogP contribution in [0.25, 0.3) is 0 Å². The molecule has 0 spiro atoms. The van der Waals surface area contributed by atoms with Gasteiger partial charge in [0.2, 0.25) is 11.8 Å². The number of allylic oxidation sites excluding steroid dienone is 5. The van der Waals surface area contributed by atoms with Crippen LogP contribution in [0.4, 0.5) is 5.69 Å². The van der Waals surface area contributed by atoms with Gasteiger partial charge >= 0.3 is 5.97 Å². The molecule has 258 valence electrons. The molecule has 2 bridgehead atoms. The van der Waals surface area contributed by atoms with Crippen LogP contribution in [0.2, 0.25) is 0 Å². The number of phenols is 1. The molecule has 1 fully saturated rings. The molecule has 2 amide bonds. The molecule has 0 radical (unpaired) electrons. The van der Waals surface area contributed by atoms with Crippen LogP contribution in [0.3, 0.4) is 0 Å². The number of ether oxygens (including phenoxy) is 3. The smallest absolute Gasteiger partial charge is 0.328 e. The Kier molecular flexibility index (Phi) is 15.2. The Hall–Kier alpha value is -3.89. The molecule has 0 aromatic heterocycles. The number of phenolic OH excluding ortho intramolecular Hbond substituents is 1. The van der Waals surface area contributed by atoms with Crippen molar-refractivity contribution >= 4 is 23.5 Å². The van der Waals surface area contributed by atoms with Crippen molar-refractivity contribution in [1.82, 2.24) is 5.32 Å². The van der Waals surface area contributed by atoms with Gasteiger partial charge in [-0.2, -0.15) is 0 Å². The molecule has 3 rings (SSSR count). The minimum atomic E-state index is -0.916. The highest BCUT2D eigenvalue weighted by molar-refractivity contribution is 5.93. The number of aliphatic hydroxyl groups excluding tert-OH is 1. The van der Waals surface area contributed by atoms with Crippen molar-refractivity contribution < 1.29 is 38.8 Å². The first-order chi connectivity index (χ1) is 22.5. The summed E-state index contributed by atoms with van der Waals surface area (Å²) < 4.78 is 16.8. The molecular formula is C37H52N2O8. The van der Waals surface area contributed by atoms with Gasteiger partial charge in [0, 0.05) is 37.0 Å². The zero-order valence-corrected chi connectivity index (χ0v) is 28.4. The monoisotopic (exact) mass is 652 g/mol. The van der Waals surface area contributed by atoms with Crippen molar-refractivity contribution in [2.45, 2.75) is 103 Å². The van der Waals surface area contributed by atoms with Crippen molar-refractivity contribution in [3.8, 4) is 11.5 Å².